The van der Waals surface area contributed by atoms with Crippen LogP contribution in [0.15, 0.2) is 79.1 Å². The molecule has 1 atom stereocenters. The topological polar surface area (TPSA) is 118 Å². The minimum atomic E-state index is -0.558. The van der Waals surface area contributed by atoms with Crippen molar-refractivity contribution in [1.82, 2.24) is 9.88 Å². The number of rotatable bonds is 6. The Labute approximate surface area is 237 Å². The normalized spacial score (nSPS) is 19.6. The van der Waals surface area contributed by atoms with E-state index in [1.54, 1.807) is 30.5 Å². The van der Waals surface area contributed by atoms with E-state index < -0.39 is 11.8 Å². The van der Waals surface area contributed by atoms with Crippen LogP contribution >= 0.6 is 11.6 Å². The fourth-order valence-corrected chi connectivity index (χ4v) is 5.17. The second-order valence-corrected chi connectivity index (χ2v) is 10.6. The van der Waals surface area contributed by atoms with Gasteiger partial charge in [0.1, 0.15) is 18.1 Å². The summed E-state index contributed by atoms with van der Waals surface area (Å²) in [5.41, 5.74) is 2.17. The predicted molar refractivity (Wildman–Crippen MR) is 156 cm³/mol. The summed E-state index contributed by atoms with van der Waals surface area (Å²) >= 11 is 5.85. The van der Waals surface area contributed by atoms with Gasteiger partial charge >= 0.3 is 0 Å². The van der Waals surface area contributed by atoms with Crippen molar-refractivity contribution in [2.24, 2.45) is 0 Å². The number of para-hydroxylation sites is 1. The minimum absolute atomic E-state index is 0.0188. The molecule has 2 aromatic carbocycles. The molecule has 0 aliphatic carbocycles. The highest BCUT2D eigenvalue weighted by atomic mass is 35.5. The van der Waals surface area contributed by atoms with E-state index in [-0.39, 0.29) is 33.5 Å². The summed E-state index contributed by atoms with van der Waals surface area (Å²) in [6, 6.07) is 14.5. The number of nitrogens with zero attached hydrogens (tertiary/aromatic N) is 3. The highest BCUT2D eigenvalue weighted by Gasteiger charge is 2.32. The summed E-state index contributed by atoms with van der Waals surface area (Å²) in [6.45, 7) is 2.18. The number of carbonyl (C=O) groups excluding carboxylic acids is 2. The Morgan fingerprint density at radius 3 is 2.50 bits per heavy atom. The lowest BCUT2D eigenvalue weighted by Gasteiger charge is -2.49. The highest BCUT2D eigenvalue weighted by Crippen LogP contribution is 2.32. The summed E-state index contributed by atoms with van der Waals surface area (Å²) < 4.78 is -0.369. The van der Waals surface area contributed by atoms with Crippen molar-refractivity contribution in [2.45, 2.75) is 18.9 Å². The summed E-state index contributed by atoms with van der Waals surface area (Å²) in [5.74, 6) is -1.03. The van der Waals surface area contributed by atoms with Gasteiger partial charge in [0.15, 0.2) is 0 Å². The number of carbonyl (C=O) groups is 2. The van der Waals surface area contributed by atoms with Gasteiger partial charge in [-0.05, 0) is 61.2 Å². The van der Waals surface area contributed by atoms with Crippen molar-refractivity contribution in [3.8, 4) is 5.75 Å². The molecule has 3 heterocycles. The van der Waals surface area contributed by atoms with Crippen LogP contribution in [0.5, 0.6) is 5.75 Å². The van der Waals surface area contributed by atoms with Crippen molar-refractivity contribution < 1.29 is 19.3 Å². The van der Waals surface area contributed by atoms with E-state index in [0.717, 1.165) is 37.1 Å². The zero-order valence-corrected chi connectivity index (χ0v) is 22.8. The SMILES string of the molecule is CN1CCC([N+]2([O-])C=CC=C(c3ccc(C(=O)Nc4c(O)cccc4C(=O)Nc4ccc(Cl)cn4)cc3)C2)CC1. The van der Waals surface area contributed by atoms with Gasteiger partial charge in [-0.15, -0.1) is 0 Å². The first kappa shape index (κ1) is 27.5. The third-order valence-electron chi connectivity index (χ3n) is 7.37. The van der Waals surface area contributed by atoms with Gasteiger partial charge < -0.3 is 30.5 Å². The molecule has 0 saturated carbocycles. The summed E-state index contributed by atoms with van der Waals surface area (Å²) in [7, 11) is 2.08. The second-order valence-electron chi connectivity index (χ2n) is 10.1. The molecule has 1 aromatic heterocycles. The van der Waals surface area contributed by atoms with Crippen molar-refractivity contribution >= 4 is 40.5 Å². The van der Waals surface area contributed by atoms with Crippen molar-refractivity contribution in [3.63, 3.8) is 0 Å². The van der Waals surface area contributed by atoms with E-state index in [0.29, 0.717) is 17.1 Å². The van der Waals surface area contributed by atoms with Gasteiger partial charge in [0.25, 0.3) is 11.8 Å². The van der Waals surface area contributed by atoms with E-state index in [9.17, 15) is 19.9 Å². The molecule has 1 fully saturated rings. The summed E-state index contributed by atoms with van der Waals surface area (Å²) in [6.07, 6.45) is 8.63. The van der Waals surface area contributed by atoms with Crippen molar-refractivity contribution in [2.75, 3.05) is 37.3 Å². The average molecular weight is 560 g/mol. The van der Waals surface area contributed by atoms with Gasteiger partial charge in [-0.3, -0.25) is 9.59 Å². The van der Waals surface area contributed by atoms with Crippen LogP contribution < -0.4 is 10.6 Å². The average Bonchev–Trinajstić information content (AvgIpc) is 2.95. The third kappa shape index (κ3) is 6.08. The number of amides is 2. The Balaban J connectivity index is 1.28. The van der Waals surface area contributed by atoms with E-state index >= 15 is 0 Å². The molecule has 9 nitrogen and oxygen atoms in total. The standard InChI is InChI=1S/C30H30ClN5O4/c1-35-15-13-24(14-16-35)36(40)17-3-4-22(19-36)20-7-9-21(10-8-20)29(38)34-28-25(5-2-6-26(28)37)30(39)33-27-12-11-23(31)18-32-27/h2-12,17-18,24,37H,13-16,19H2,1H3,(H,34,38)(H,32,33,39). The maximum absolute atomic E-state index is 13.7. The number of halogens is 1. The molecule has 40 heavy (non-hydrogen) atoms. The number of nitrogens with one attached hydrogen (secondary N) is 2. The Bertz CT molecular complexity index is 1460. The molecule has 3 N–H and O–H groups in total. The number of likely N-dealkylation sites (tertiary alicyclic amines) is 1. The Morgan fingerprint density at radius 1 is 1.05 bits per heavy atom. The fourth-order valence-electron chi connectivity index (χ4n) is 5.06. The molecule has 5 rings (SSSR count). The van der Waals surface area contributed by atoms with Gasteiger partial charge in [-0.1, -0.05) is 29.8 Å². The number of phenolic OH excluding ortho intramolecular Hbond substituents is 1. The molecule has 206 valence electrons. The number of aromatic nitrogens is 1. The number of benzene rings is 2. The van der Waals surface area contributed by atoms with E-state index in [2.05, 4.69) is 27.6 Å². The van der Waals surface area contributed by atoms with Gasteiger partial charge in [0, 0.05) is 43.3 Å². The monoisotopic (exact) mass is 559 g/mol. The number of hydroxylamine groups is 3. The van der Waals surface area contributed by atoms with Gasteiger partial charge in [0.05, 0.1) is 28.5 Å². The predicted octanol–water partition coefficient (Wildman–Crippen LogP) is 5.26. The first-order valence-corrected chi connectivity index (χ1v) is 13.4. The Kier molecular flexibility index (Phi) is 7.99. The molecule has 2 amide bonds. The Hall–Kier alpha value is -4.02. The quantitative estimate of drug-likeness (QED) is 0.215. The lowest BCUT2D eigenvalue weighted by atomic mass is 9.97. The molecule has 10 heteroatoms. The molecule has 0 radical (unpaired) electrons. The lowest BCUT2D eigenvalue weighted by Crippen LogP contribution is -2.52. The number of phenols is 1. The maximum Gasteiger partial charge on any atom is 0.259 e. The molecular formula is C30H30ClN5O4. The first-order chi connectivity index (χ1) is 19.2. The molecule has 2 aliphatic rings. The number of piperidine rings is 1. The molecule has 1 saturated heterocycles. The second kappa shape index (κ2) is 11.6. The van der Waals surface area contributed by atoms with Crippen LogP contribution in [0.1, 0.15) is 39.1 Å². The molecule has 3 aromatic rings. The third-order valence-corrected chi connectivity index (χ3v) is 7.60. The van der Waals surface area contributed by atoms with E-state index in [1.807, 2.05) is 24.3 Å². The van der Waals surface area contributed by atoms with Crippen LogP contribution in [0.4, 0.5) is 11.5 Å². The van der Waals surface area contributed by atoms with E-state index in [4.69, 9.17) is 11.6 Å². The minimum Gasteiger partial charge on any atom is -0.627 e. The zero-order chi connectivity index (χ0) is 28.3. The number of allylic oxidation sites excluding steroid dienone is 2. The maximum atomic E-state index is 13.7. The molecule has 0 bridgehead atoms. The van der Waals surface area contributed by atoms with Crippen LogP contribution in [0, 0.1) is 5.21 Å². The Morgan fingerprint density at radius 2 is 1.80 bits per heavy atom. The van der Waals surface area contributed by atoms with E-state index in [1.165, 1.54) is 24.4 Å². The number of hydrogen-bond acceptors (Lipinski definition) is 6. The van der Waals surface area contributed by atoms with Crippen LogP contribution in [-0.4, -0.2) is 64.2 Å². The molecule has 1 unspecified atom stereocenters. The fraction of sp³-hybridized carbons (Fsp3) is 0.233. The van der Waals surface area contributed by atoms with Gasteiger partial charge in [-0.2, -0.15) is 0 Å². The van der Waals surface area contributed by atoms with Gasteiger partial charge in [-0.25, -0.2) is 4.98 Å². The summed E-state index contributed by atoms with van der Waals surface area (Å²) in [5, 5.41) is 29.8. The first-order valence-electron chi connectivity index (χ1n) is 13.0. The number of aromatic hydroxyl groups is 1. The van der Waals surface area contributed by atoms with Gasteiger partial charge in [0.2, 0.25) is 0 Å². The highest BCUT2D eigenvalue weighted by molar-refractivity contribution is 6.30. The van der Waals surface area contributed by atoms with Crippen LogP contribution in [0.3, 0.4) is 0 Å². The van der Waals surface area contributed by atoms with Crippen LogP contribution in [-0.2, 0) is 0 Å². The molecule has 0 spiro atoms. The molecule has 2 aliphatic heterocycles. The number of anilines is 2. The summed E-state index contributed by atoms with van der Waals surface area (Å²) in [4.78, 5) is 32.3. The largest absolute Gasteiger partial charge is 0.627 e. The smallest absolute Gasteiger partial charge is 0.259 e. The zero-order valence-electron chi connectivity index (χ0n) is 22.0. The lowest BCUT2D eigenvalue weighted by molar-refractivity contribution is -0.850. The van der Waals surface area contributed by atoms with Crippen LogP contribution in [0.25, 0.3) is 5.57 Å². The molecular weight excluding hydrogens is 530 g/mol. The van der Waals surface area contributed by atoms with Crippen molar-refractivity contribution in [3.05, 3.63) is 106 Å². The van der Waals surface area contributed by atoms with Crippen LogP contribution in [0.2, 0.25) is 5.02 Å². The number of pyridine rings is 1. The van der Waals surface area contributed by atoms with Crippen molar-refractivity contribution in [1.29, 1.82) is 0 Å². The number of quaternary nitrogens is 1. The number of hydrogen-bond donors (Lipinski definition) is 3.